The molecule has 0 aliphatic carbocycles. The van der Waals surface area contributed by atoms with Crippen LogP contribution in [-0.2, 0) is 9.53 Å². The maximum absolute atomic E-state index is 11.4. The van der Waals surface area contributed by atoms with Gasteiger partial charge < -0.3 is 19.9 Å². The number of carboxylic acids is 1. The van der Waals surface area contributed by atoms with Crippen molar-refractivity contribution in [2.45, 2.75) is 18.9 Å². The SMILES string of the molecule is COc1cc(NC2(C(=O)O)CCOC2)nc(C)n1. The molecule has 1 fully saturated rings. The molecule has 1 atom stereocenters. The Balaban J connectivity index is 2.26. The number of hydrogen-bond acceptors (Lipinski definition) is 6. The normalized spacial score (nSPS) is 22.8. The fourth-order valence-corrected chi connectivity index (χ4v) is 1.84. The highest BCUT2D eigenvalue weighted by molar-refractivity contribution is 5.83. The third-order valence-electron chi connectivity index (χ3n) is 2.82. The van der Waals surface area contributed by atoms with Gasteiger partial charge in [0.25, 0.3) is 0 Å². The number of anilines is 1. The minimum absolute atomic E-state index is 0.119. The Labute approximate surface area is 104 Å². The van der Waals surface area contributed by atoms with E-state index in [1.807, 2.05) is 0 Å². The number of methoxy groups -OCH3 is 1. The number of nitrogens with zero attached hydrogens (tertiary/aromatic N) is 2. The van der Waals surface area contributed by atoms with Crippen molar-refractivity contribution in [1.29, 1.82) is 0 Å². The lowest BCUT2D eigenvalue weighted by atomic mass is 9.99. The Morgan fingerprint density at radius 1 is 1.61 bits per heavy atom. The van der Waals surface area contributed by atoms with Gasteiger partial charge in [0, 0.05) is 19.1 Å². The molecule has 0 bridgehead atoms. The Bertz CT molecular complexity index is 458. The highest BCUT2D eigenvalue weighted by Crippen LogP contribution is 2.25. The number of hydrogen-bond donors (Lipinski definition) is 2. The van der Waals surface area contributed by atoms with Crippen LogP contribution in [0.1, 0.15) is 12.2 Å². The lowest BCUT2D eigenvalue weighted by Crippen LogP contribution is -2.47. The van der Waals surface area contributed by atoms with Gasteiger partial charge in [0.15, 0.2) is 5.54 Å². The molecule has 1 aromatic rings. The molecule has 2 rings (SSSR count). The van der Waals surface area contributed by atoms with Gasteiger partial charge in [-0.2, -0.15) is 4.98 Å². The summed E-state index contributed by atoms with van der Waals surface area (Å²) in [6.07, 6.45) is 0.397. The van der Waals surface area contributed by atoms with E-state index in [0.717, 1.165) is 0 Å². The first-order valence-electron chi connectivity index (χ1n) is 5.55. The molecule has 0 spiro atoms. The number of aromatic nitrogens is 2. The Kier molecular flexibility index (Phi) is 3.33. The van der Waals surface area contributed by atoms with E-state index in [2.05, 4.69) is 15.3 Å². The molecule has 0 aromatic carbocycles. The number of carboxylic acid groups (broad SMARTS) is 1. The third kappa shape index (κ3) is 2.35. The Hall–Kier alpha value is -1.89. The smallest absolute Gasteiger partial charge is 0.331 e. The number of aliphatic carboxylic acids is 1. The first-order chi connectivity index (χ1) is 8.55. The fourth-order valence-electron chi connectivity index (χ4n) is 1.84. The largest absolute Gasteiger partial charge is 0.481 e. The molecule has 1 saturated heterocycles. The van der Waals surface area contributed by atoms with Gasteiger partial charge in [-0.3, -0.25) is 0 Å². The molecule has 1 aliphatic rings. The van der Waals surface area contributed by atoms with Gasteiger partial charge in [-0.25, -0.2) is 9.78 Å². The van der Waals surface area contributed by atoms with Crippen LogP contribution >= 0.6 is 0 Å². The van der Waals surface area contributed by atoms with E-state index in [-0.39, 0.29) is 6.61 Å². The highest BCUT2D eigenvalue weighted by Gasteiger charge is 2.43. The Morgan fingerprint density at radius 2 is 2.39 bits per heavy atom. The molecule has 2 heterocycles. The maximum atomic E-state index is 11.4. The van der Waals surface area contributed by atoms with E-state index < -0.39 is 11.5 Å². The molecule has 7 nitrogen and oxygen atoms in total. The van der Waals surface area contributed by atoms with Crippen molar-refractivity contribution in [3.05, 3.63) is 11.9 Å². The van der Waals surface area contributed by atoms with E-state index in [0.29, 0.717) is 30.5 Å². The average molecular weight is 253 g/mol. The second-order valence-electron chi connectivity index (χ2n) is 4.16. The molecule has 1 aliphatic heterocycles. The summed E-state index contributed by atoms with van der Waals surface area (Å²) in [4.78, 5) is 19.5. The number of ether oxygens (including phenoxy) is 2. The second kappa shape index (κ2) is 4.77. The summed E-state index contributed by atoms with van der Waals surface area (Å²) in [5, 5.41) is 12.2. The van der Waals surface area contributed by atoms with E-state index >= 15 is 0 Å². The summed E-state index contributed by atoms with van der Waals surface area (Å²) in [6, 6.07) is 1.57. The van der Waals surface area contributed by atoms with Gasteiger partial charge >= 0.3 is 5.97 Å². The molecular weight excluding hydrogens is 238 g/mol. The Morgan fingerprint density at radius 3 is 2.94 bits per heavy atom. The summed E-state index contributed by atoms with van der Waals surface area (Å²) < 4.78 is 10.2. The third-order valence-corrected chi connectivity index (χ3v) is 2.82. The van der Waals surface area contributed by atoms with Gasteiger partial charge in [-0.1, -0.05) is 0 Å². The van der Waals surface area contributed by atoms with E-state index in [4.69, 9.17) is 9.47 Å². The molecule has 7 heteroatoms. The lowest BCUT2D eigenvalue weighted by Gasteiger charge is -2.24. The van der Waals surface area contributed by atoms with Crippen LogP contribution in [0, 0.1) is 6.92 Å². The molecular formula is C11H15N3O4. The van der Waals surface area contributed by atoms with E-state index in [9.17, 15) is 9.90 Å². The molecule has 18 heavy (non-hydrogen) atoms. The number of aryl methyl sites for hydroxylation is 1. The van der Waals surface area contributed by atoms with Crippen molar-refractivity contribution in [1.82, 2.24) is 9.97 Å². The molecule has 98 valence electrons. The van der Waals surface area contributed by atoms with Gasteiger partial charge in [0.05, 0.1) is 13.7 Å². The van der Waals surface area contributed by atoms with Crippen LogP contribution in [-0.4, -0.2) is 46.9 Å². The van der Waals surface area contributed by atoms with Crippen molar-refractivity contribution < 1.29 is 19.4 Å². The molecule has 1 aromatic heterocycles. The highest BCUT2D eigenvalue weighted by atomic mass is 16.5. The van der Waals surface area contributed by atoms with Gasteiger partial charge in [0.1, 0.15) is 11.6 Å². The summed E-state index contributed by atoms with van der Waals surface area (Å²) in [5.41, 5.74) is -1.12. The van der Waals surface area contributed by atoms with Gasteiger partial charge in [-0.05, 0) is 6.92 Å². The van der Waals surface area contributed by atoms with Crippen LogP contribution in [0.2, 0.25) is 0 Å². The zero-order valence-corrected chi connectivity index (χ0v) is 10.3. The van der Waals surface area contributed by atoms with Crippen LogP contribution in [0.15, 0.2) is 6.07 Å². The van der Waals surface area contributed by atoms with Crippen molar-refractivity contribution in [3.63, 3.8) is 0 Å². The topological polar surface area (TPSA) is 93.6 Å². The first-order valence-corrected chi connectivity index (χ1v) is 5.55. The zero-order valence-electron chi connectivity index (χ0n) is 10.3. The summed E-state index contributed by atoms with van der Waals surface area (Å²) in [6.45, 7) is 2.25. The van der Waals surface area contributed by atoms with Crippen molar-refractivity contribution in [3.8, 4) is 5.88 Å². The minimum atomic E-state index is -1.12. The van der Waals surface area contributed by atoms with E-state index in [1.165, 1.54) is 7.11 Å². The monoisotopic (exact) mass is 253 g/mol. The van der Waals surface area contributed by atoms with Crippen molar-refractivity contribution in [2.24, 2.45) is 0 Å². The van der Waals surface area contributed by atoms with Crippen LogP contribution in [0.3, 0.4) is 0 Å². The number of nitrogens with one attached hydrogen (secondary N) is 1. The summed E-state index contributed by atoms with van der Waals surface area (Å²) >= 11 is 0. The van der Waals surface area contributed by atoms with Gasteiger partial charge in [-0.15, -0.1) is 0 Å². The maximum Gasteiger partial charge on any atom is 0.331 e. The lowest BCUT2D eigenvalue weighted by molar-refractivity contribution is -0.142. The quantitative estimate of drug-likeness (QED) is 0.804. The zero-order chi connectivity index (χ0) is 13.2. The van der Waals surface area contributed by atoms with Crippen LogP contribution < -0.4 is 10.1 Å². The summed E-state index contributed by atoms with van der Waals surface area (Å²) in [5.74, 6) is 0.378. The first kappa shape index (κ1) is 12.6. The molecule has 1 unspecified atom stereocenters. The summed E-state index contributed by atoms with van der Waals surface area (Å²) in [7, 11) is 1.50. The van der Waals surface area contributed by atoms with Gasteiger partial charge in [0.2, 0.25) is 5.88 Å². The van der Waals surface area contributed by atoms with Crippen LogP contribution in [0.5, 0.6) is 5.88 Å². The fraction of sp³-hybridized carbons (Fsp3) is 0.545. The standard InChI is InChI=1S/C11H15N3O4/c1-7-12-8(5-9(13-7)17-2)14-11(10(15)16)3-4-18-6-11/h5H,3-4,6H2,1-2H3,(H,15,16)(H,12,13,14). The van der Waals surface area contributed by atoms with Crippen LogP contribution in [0.25, 0.3) is 0 Å². The number of rotatable bonds is 4. The molecule has 2 N–H and O–H groups in total. The van der Waals surface area contributed by atoms with Crippen molar-refractivity contribution in [2.75, 3.05) is 25.6 Å². The predicted octanol–water partition coefficient (Wildman–Crippen LogP) is 0.449. The van der Waals surface area contributed by atoms with Crippen molar-refractivity contribution >= 4 is 11.8 Å². The average Bonchev–Trinajstić information content (AvgIpc) is 2.78. The predicted molar refractivity (Wildman–Crippen MR) is 62.7 cm³/mol. The number of carbonyl (C=O) groups is 1. The molecule has 0 saturated carbocycles. The second-order valence-corrected chi connectivity index (χ2v) is 4.16. The minimum Gasteiger partial charge on any atom is -0.481 e. The van der Waals surface area contributed by atoms with E-state index in [1.54, 1.807) is 13.0 Å². The molecule has 0 radical (unpaired) electrons. The van der Waals surface area contributed by atoms with Crippen LogP contribution in [0.4, 0.5) is 5.82 Å². The molecule has 0 amide bonds.